The maximum atomic E-state index is 11.4. The lowest BCUT2D eigenvalue weighted by atomic mass is 10.1. The summed E-state index contributed by atoms with van der Waals surface area (Å²) in [6.07, 6.45) is 1.43. The van der Waals surface area contributed by atoms with E-state index >= 15 is 0 Å². The van der Waals surface area contributed by atoms with Gasteiger partial charge in [-0.3, -0.25) is 0 Å². The highest BCUT2D eigenvalue weighted by molar-refractivity contribution is 6.46. The van der Waals surface area contributed by atoms with Gasteiger partial charge in [0.05, 0.1) is 27.2 Å². The molecule has 2 rings (SSSR count). The standard InChI is InChI=1S/C13H7Cl4NO2/c1-20-13(19)12-9(16)4-6(5-18-12)10-7(14)2-3-8(15)11(10)17/h2-5H,1H3. The lowest BCUT2D eigenvalue weighted by molar-refractivity contribution is 0.0594. The van der Waals surface area contributed by atoms with Gasteiger partial charge in [-0.05, 0) is 18.2 Å². The van der Waals surface area contributed by atoms with Gasteiger partial charge in [0, 0.05) is 17.3 Å². The van der Waals surface area contributed by atoms with Crippen LogP contribution in [0.25, 0.3) is 11.1 Å². The number of esters is 1. The van der Waals surface area contributed by atoms with Crippen LogP contribution in [0, 0.1) is 0 Å². The van der Waals surface area contributed by atoms with Crippen molar-refractivity contribution < 1.29 is 9.53 Å². The minimum Gasteiger partial charge on any atom is -0.464 e. The maximum Gasteiger partial charge on any atom is 0.358 e. The predicted molar refractivity (Wildman–Crippen MR) is 81.1 cm³/mol. The van der Waals surface area contributed by atoms with E-state index in [0.717, 1.165) is 0 Å². The van der Waals surface area contributed by atoms with E-state index in [9.17, 15) is 4.79 Å². The van der Waals surface area contributed by atoms with E-state index in [-0.39, 0.29) is 10.7 Å². The molecular formula is C13H7Cl4NO2. The second-order valence-electron chi connectivity index (χ2n) is 3.76. The van der Waals surface area contributed by atoms with Crippen molar-refractivity contribution in [2.45, 2.75) is 0 Å². The number of methoxy groups -OCH3 is 1. The summed E-state index contributed by atoms with van der Waals surface area (Å²) in [4.78, 5) is 15.4. The average molecular weight is 351 g/mol. The molecule has 0 spiro atoms. The fourth-order valence-corrected chi connectivity index (χ4v) is 2.60. The second-order valence-corrected chi connectivity index (χ2v) is 5.36. The van der Waals surface area contributed by atoms with Crippen LogP contribution in [0.15, 0.2) is 24.4 Å². The molecule has 7 heteroatoms. The topological polar surface area (TPSA) is 39.2 Å². The molecule has 20 heavy (non-hydrogen) atoms. The van der Waals surface area contributed by atoms with Gasteiger partial charge in [-0.15, -0.1) is 0 Å². The van der Waals surface area contributed by atoms with Crippen molar-refractivity contribution in [3.63, 3.8) is 0 Å². The molecule has 0 aliphatic rings. The first-order valence-electron chi connectivity index (χ1n) is 5.33. The first-order chi connectivity index (χ1) is 9.45. The van der Waals surface area contributed by atoms with E-state index in [4.69, 9.17) is 46.4 Å². The zero-order chi connectivity index (χ0) is 14.9. The van der Waals surface area contributed by atoms with Crippen molar-refractivity contribution in [3.05, 3.63) is 50.2 Å². The molecule has 2 aromatic rings. The monoisotopic (exact) mass is 349 g/mol. The van der Waals surface area contributed by atoms with Crippen molar-refractivity contribution in [2.24, 2.45) is 0 Å². The van der Waals surface area contributed by atoms with Gasteiger partial charge in [0.15, 0.2) is 5.69 Å². The van der Waals surface area contributed by atoms with Crippen molar-refractivity contribution in [1.29, 1.82) is 0 Å². The molecule has 0 fully saturated rings. The van der Waals surface area contributed by atoms with Gasteiger partial charge in [0.25, 0.3) is 0 Å². The summed E-state index contributed by atoms with van der Waals surface area (Å²) in [5.41, 5.74) is 1.08. The molecule has 3 nitrogen and oxygen atoms in total. The Kier molecular flexibility index (Phi) is 4.76. The van der Waals surface area contributed by atoms with Gasteiger partial charge in [-0.2, -0.15) is 0 Å². The Morgan fingerprint density at radius 1 is 1.10 bits per heavy atom. The van der Waals surface area contributed by atoms with Crippen molar-refractivity contribution in [3.8, 4) is 11.1 Å². The molecule has 0 aliphatic carbocycles. The van der Waals surface area contributed by atoms with Gasteiger partial charge >= 0.3 is 5.97 Å². The Bertz CT molecular complexity index is 688. The molecule has 104 valence electrons. The average Bonchev–Trinajstić information content (AvgIpc) is 2.43. The van der Waals surface area contributed by atoms with Gasteiger partial charge in [0.1, 0.15) is 0 Å². The Morgan fingerprint density at radius 3 is 2.35 bits per heavy atom. The molecule has 0 bridgehead atoms. The van der Waals surface area contributed by atoms with Crippen LogP contribution in [-0.4, -0.2) is 18.1 Å². The van der Waals surface area contributed by atoms with Crippen LogP contribution in [0.3, 0.4) is 0 Å². The number of carbonyl (C=O) groups is 1. The molecule has 0 unspecified atom stereocenters. The summed E-state index contributed by atoms with van der Waals surface area (Å²) < 4.78 is 4.57. The largest absolute Gasteiger partial charge is 0.464 e. The van der Waals surface area contributed by atoms with Crippen LogP contribution in [0.2, 0.25) is 20.1 Å². The normalized spacial score (nSPS) is 10.4. The summed E-state index contributed by atoms with van der Waals surface area (Å²) >= 11 is 24.2. The van der Waals surface area contributed by atoms with Gasteiger partial charge < -0.3 is 4.74 Å². The highest BCUT2D eigenvalue weighted by atomic mass is 35.5. The van der Waals surface area contributed by atoms with E-state index in [1.807, 2.05) is 0 Å². The number of halogens is 4. The van der Waals surface area contributed by atoms with Crippen LogP contribution < -0.4 is 0 Å². The molecule has 0 aliphatic heterocycles. The molecule has 1 heterocycles. The lowest BCUT2D eigenvalue weighted by Gasteiger charge is -2.10. The molecule has 0 radical (unpaired) electrons. The van der Waals surface area contributed by atoms with Gasteiger partial charge in [0.2, 0.25) is 0 Å². The lowest BCUT2D eigenvalue weighted by Crippen LogP contribution is -2.05. The van der Waals surface area contributed by atoms with Crippen LogP contribution in [-0.2, 0) is 4.74 Å². The highest BCUT2D eigenvalue weighted by Crippen LogP contribution is 2.39. The molecule has 1 aromatic heterocycles. The molecule has 1 aromatic carbocycles. The molecule has 0 amide bonds. The Balaban J connectivity index is 2.58. The number of carbonyl (C=O) groups excluding carboxylic acids is 1. The first-order valence-corrected chi connectivity index (χ1v) is 6.84. The van der Waals surface area contributed by atoms with Crippen molar-refractivity contribution in [2.75, 3.05) is 7.11 Å². The third-order valence-electron chi connectivity index (χ3n) is 2.55. The molecular weight excluding hydrogens is 344 g/mol. The highest BCUT2D eigenvalue weighted by Gasteiger charge is 2.17. The predicted octanol–water partition coefficient (Wildman–Crippen LogP) is 5.15. The zero-order valence-electron chi connectivity index (χ0n) is 10.1. The fourth-order valence-electron chi connectivity index (χ4n) is 1.61. The minimum absolute atomic E-state index is 0.0205. The van der Waals surface area contributed by atoms with E-state index in [2.05, 4.69) is 9.72 Å². The van der Waals surface area contributed by atoms with Crippen molar-refractivity contribution in [1.82, 2.24) is 4.98 Å². The van der Waals surface area contributed by atoms with Crippen LogP contribution in [0.4, 0.5) is 0 Å². The summed E-state index contributed by atoms with van der Waals surface area (Å²) in [6, 6.07) is 4.74. The van der Waals surface area contributed by atoms with Crippen LogP contribution in [0.1, 0.15) is 10.5 Å². The first kappa shape index (κ1) is 15.4. The summed E-state index contributed by atoms with van der Waals surface area (Å²) in [5, 5.41) is 1.20. The quantitative estimate of drug-likeness (QED) is 0.555. The number of hydrogen-bond donors (Lipinski definition) is 0. The SMILES string of the molecule is COC(=O)c1ncc(-c2c(Cl)ccc(Cl)c2Cl)cc1Cl. The summed E-state index contributed by atoms with van der Waals surface area (Å²) in [6.45, 7) is 0. The second kappa shape index (κ2) is 6.19. The molecule has 0 N–H and O–H groups in total. The molecule has 0 saturated heterocycles. The molecule has 0 saturated carbocycles. The number of hydrogen-bond acceptors (Lipinski definition) is 3. The Morgan fingerprint density at radius 2 is 1.75 bits per heavy atom. The third kappa shape index (κ3) is 2.86. The molecule has 0 atom stereocenters. The minimum atomic E-state index is -0.621. The fraction of sp³-hybridized carbons (Fsp3) is 0.0769. The van der Waals surface area contributed by atoms with E-state index < -0.39 is 5.97 Å². The number of nitrogens with zero attached hydrogens (tertiary/aromatic N) is 1. The number of rotatable bonds is 2. The van der Waals surface area contributed by atoms with Crippen LogP contribution in [0.5, 0.6) is 0 Å². The number of benzene rings is 1. The summed E-state index contributed by atoms with van der Waals surface area (Å²) in [5.74, 6) is -0.621. The number of ether oxygens (including phenoxy) is 1. The Hall–Kier alpha value is -1.000. The van der Waals surface area contributed by atoms with Crippen LogP contribution >= 0.6 is 46.4 Å². The van der Waals surface area contributed by atoms with E-state index in [1.165, 1.54) is 19.4 Å². The maximum absolute atomic E-state index is 11.4. The Labute approximate surface area is 135 Å². The summed E-state index contributed by atoms with van der Waals surface area (Å²) in [7, 11) is 1.25. The number of aromatic nitrogens is 1. The zero-order valence-corrected chi connectivity index (χ0v) is 13.1. The van der Waals surface area contributed by atoms with Crippen molar-refractivity contribution >= 4 is 52.4 Å². The van der Waals surface area contributed by atoms with Gasteiger partial charge in [-0.1, -0.05) is 46.4 Å². The third-order valence-corrected chi connectivity index (χ3v) is 3.96. The van der Waals surface area contributed by atoms with E-state index in [1.54, 1.807) is 12.1 Å². The smallest absolute Gasteiger partial charge is 0.358 e. The van der Waals surface area contributed by atoms with Gasteiger partial charge in [-0.25, -0.2) is 9.78 Å². The van der Waals surface area contributed by atoms with E-state index in [0.29, 0.717) is 26.2 Å². The number of pyridine rings is 1.